The van der Waals surface area contributed by atoms with Gasteiger partial charge >= 0.3 is 0 Å². The van der Waals surface area contributed by atoms with Gasteiger partial charge < -0.3 is 20.3 Å². The first-order chi connectivity index (χ1) is 13.1. The Morgan fingerprint density at radius 1 is 1.22 bits per heavy atom. The molecule has 2 N–H and O–H groups in total. The molecular formula is C21H28N4O2. The average Bonchev–Trinajstić information content (AvgIpc) is 2.69. The summed E-state index contributed by atoms with van der Waals surface area (Å²) in [5.41, 5.74) is 2.71. The maximum atomic E-state index is 12.4. The maximum Gasteiger partial charge on any atom is 0.251 e. The number of morpholine rings is 1. The van der Waals surface area contributed by atoms with E-state index >= 15 is 0 Å². The van der Waals surface area contributed by atoms with Crippen molar-refractivity contribution in [2.75, 3.05) is 43.1 Å². The summed E-state index contributed by atoms with van der Waals surface area (Å²) in [6, 6.07) is 11.7. The van der Waals surface area contributed by atoms with Gasteiger partial charge in [0, 0.05) is 31.4 Å². The number of anilines is 3. The lowest BCUT2D eigenvalue weighted by atomic mass is 10.1. The number of carbonyl (C=O) groups is 1. The van der Waals surface area contributed by atoms with E-state index in [1.165, 1.54) is 0 Å². The Kier molecular flexibility index (Phi) is 6.65. The summed E-state index contributed by atoms with van der Waals surface area (Å²) in [4.78, 5) is 19.0. The molecule has 6 heteroatoms. The molecule has 0 saturated carbocycles. The number of nitrogens with zero attached hydrogens (tertiary/aromatic N) is 2. The Hall–Kier alpha value is -2.60. The number of hydrogen-bond acceptors (Lipinski definition) is 5. The van der Waals surface area contributed by atoms with Gasteiger partial charge in [-0.1, -0.05) is 26.0 Å². The fourth-order valence-electron chi connectivity index (χ4n) is 3.01. The molecule has 1 aliphatic rings. The van der Waals surface area contributed by atoms with Crippen LogP contribution in [0.25, 0.3) is 0 Å². The number of rotatable bonds is 7. The lowest BCUT2D eigenvalue weighted by molar-refractivity contribution is 0.0952. The van der Waals surface area contributed by atoms with E-state index in [9.17, 15) is 4.79 Å². The van der Waals surface area contributed by atoms with Gasteiger partial charge in [0.1, 0.15) is 5.82 Å². The zero-order chi connectivity index (χ0) is 19.1. The van der Waals surface area contributed by atoms with Crippen molar-refractivity contribution in [2.24, 2.45) is 5.92 Å². The van der Waals surface area contributed by atoms with Crippen molar-refractivity contribution in [2.45, 2.75) is 20.3 Å². The van der Waals surface area contributed by atoms with Crippen LogP contribution in [0.5, 0.6) is 0 Å². The fourth-order valence-corrected chi connectivity index (χ4v) is 3.01. The average molecular weight is 368 g/mol. The molecule has 2 heterocycles. The molecule has 1 saturated heterocycles. The van der Waals surface area contributed by atoms with E-state index in [4.69, 9.17) is 4.74 Å². The summed E-state index contributed by atoms with van der Waals surface area (Å²) in [6.45, 7) is 8.17. The van der Waals surface area contributed by atoms with Gasteiger partial charge in [-0.15, -0.1) is 0 Å². The summed E-state index contributed by atoms with van der Waals surface area (Å²) in [5, 5.41) is 6.33. The first-order valence-electron chi connectivity index (χ1n) is 9.56. The molecule has 0 aliphatic carbocycles. The van der Waals surface area contributed by atoms with E-state index in [0.29, 0.717) is 23.8 Å². The first kappa shape index (κ1) is 19.2. The van der Waals surface area contributed by atoms with E-state index < -0.39 is 0 Å². The molecule has 0 unspecified atom stereocenters. The number of hydrogen-bond donors (Lipinski definition) is 2. The highest BCUT2D eigenvalue weighted by atomic mass is 16.5. The minimum Gasteiger partial charge on any atom is -0.378 e. The molecule has 27 heavy (non-hydrogen) atoms. The molecule has 1 aromatic carbocycles. The monoisotopic (exact) mass is 368 g/mol. The van der Waals surface area contributed by atoms with Crippen molar-refractivity contribution in [3.8, 4) is 0 Å². The Morgan fingerprint density at radius 3 is 2.78 bits per heavy atom. The molecular weight excluding hydrogens is 340 g/mol. The molecule has 2 aromatic rings. The fraction of sp³-hybridized carbons (Fsp3) is 0.429. The molecule has 1 amide bonds. The van der Waals surface area contributed by atoms with Crippen molar-refractivity contribution >= 4 is 23.1 Å². The third-order valence-corrected chi connectivity index (χ3v) is 4.55. The number of aromatic nitrogens is 1. The van der Waals surface area contributed by atoms with Gasteiger partial charge in [0.2, 0.25) is 0 Å². The van der Waals surface area contributed by atoms with Crippen LogP contribution in [0.1, 0.15) is 30.6 Å². The summed E-state index contributed by atoms with van der Waals surface area (Å²) in [7, 11) is 0. The zero-order valence-corrected chi connectivity index (χ0v) is 16.1. The number of nitrogens with one attached hydrogen (secondary N) is 2. The van der Waals surface area contributed by atoms with Crippen LogP contribution < -0.4 is 15.5 Å². The van der Waals surface area contributed by atoms with Crippen LogP contribution in [0.4, 0.5) is 17.2 Å². The van der Waals surface area contributed by atoms with Gasteiger partial charge in [0.05, 0.1) is 24.6 Å². The van der Waals surface area contributed by atoms with Crippen LogP contribution in [0.15, 0.2) is 42.6 Å². The number of ether oxygens (including phenoxy) is 1. The molecule has 144 valence electrons. The lowest BCUT2D eigenvalue weighted by Gasteiger charge is -2.30. The quantitative estimate of drug-likeness (QED) is 0.784. The molecule has 0 spiro atoms. The predicted octanol–water partition coefficient (Wildman–Crippen LogP) is 3.44. The summed E-state index contributed by atoms with van der Waals surface area (Å²) < 4.78 is 5.45. The van der Waals surface area contributed by atoms with E-state index in [-0.39, 0.29) is 5.91 Å². The summed E-state index contributed by atoms with van der Waals surface area (Å²) >= 11 is 0. The molecule has 0 atom stereocenters. The van der Waals surface area contributed by atoms with Crippen molar-refractivity contribution in [1.29, 1.82) is 0 Å². The second-order valence-electron chi connectivity index (χ2n) is 7.11. The third-order valence-electron chi connectivity index (χ3n) is 4.55. The smallest absolute Gasteiger partial charge is 0.251 e. The normalized spacial score (nSPS) is 14.3. The molecule has 1 aromatic heterocycles. The van der Waals surface area contributed by atoms with Crippen LogP contribution in [0.3, 0.4) is 0 Å². The number of benzene rings is 1. The van der Waals surface area contributed by atoms with E-state index in [0.717, 1.165) is 44.1 Å². The number of pyridine rings is 1. The van der Waals surface area contributed by atoms with E-state index in [1.54, 1.807) is 18.3 Å². The van der Waals surface area contributed by atoms with Gasteiger partial charge in [0.25, 0.3) is 5.91 Å². The first-order valence-corrected chi connectivity index (χ1v) is 9.56. The van der Waals surface area contributed by atoms with Crippen molar-refractivity contribution in [3.05, 3.63) is 48.2 Å². The minimum absolute atomic E-state index is 0.0671. The molecule has 1 aliphatic heterocycles. The van der Waals surface area contributed by atoms with Crippen LogP contribution in [0, 0.1) is 5.92 Å². The third kappa shape index (κ3) is 5.44. The van der Waals surface area contributed by atoms with Crippen LogP contribution >= 0.6 is 0 Å². The van der Waals surface area contributed by atoms with Gasteiger partial charge in [0.15, 0.2) is 0 Å². The molecule has 3 rings (SSSR count). The Labute approximate surface area is 160 Å². The topological polar surface area (TPSA) is 66.5 Å². The minimum atomic E-state index is -0.0671. The number of amides is 1. The molecule has 0 radical (unpaired) electrons. The van der Waals surface area contributed by atoms with E-state index in [1.807, 2.05) is 18.2 Å². The predicted molar refractivity (Wildman–Crippen MR) is 109 cm³/mol. The van der Waals surface area contributed by atoms with E-state index in [2.05, 4.69) is 40.4 Å². The highest BCUT2D eigenvalue weighted by Gasteiger charge is 2.15. The highest BCUT2D eigenvalue weighted by Crippen LogP contribution is 2.28. The standard InChI is InChI=1S/C21H28N4O2/c1-16(2)7-9-23-21(26)17-8-10-22-20(15-17)24-18-5-3-4-6-19(18)25-11-13-27-14-12-25/h3-6,8,10,15-16H,7,9,11-14H2,1-2H3,(H,22,24)(H,23,26). The van der Waals surface area contributed by atoms with Crippen LogP contribution in [-0.2, 0) is 4.74 Å². The van der Waals surface area contributed by atoms with Gasteiger partial charge in [-0.3, -0.25) is 4.79 Å². The largest absolute Gasteiger partial charge is 0.378 e. The Balaban J connectivity index is 1.70. The van der Waals surface area contributed by atoms with Gasteiger partial charge in [-0.05, 0) is 36.6 Å². The second kappa shape index (κ2) is 9.37. The molecule has 0 bridgehead atoms. The second-order valence-corrected chi connectivity index (χ2v) is 7.11. The maximum absolute atomic E-state index is 12.4. The Bertz CT molecular complexity index is 757. The van der Waals surface area contributed by atoms with Crippen LogP contribution in [0.2, 0.25) is 0 Å². The molecule has 1 fully saturated rings. The van der Waals surface area contributed by atoms with Gasteiger partial charge in [-0.2, -0.15) is 0 Å². The van der Waals surface area contributed by atoms with Crippen molar-refractivity contribution in [3.63, 3.8) is 0 Å². The SMILES string of the molecule is CC(C)CCNC(=O)c1ccnc(Nc2ccccc2N2CCOCC2)c1. The summed E-state index contributed by atoms with van der Waals surface area (Å²) in [5.74, 6) is 1.16. The molecule has 6 nitrogen and oxygen atoms in total. The van der Waals surface area contributed by atoms with Gasteiger partial charge in [-0.25, -0.2) is 4.98 Å². The number of carbonyl (C=O) groups excluding carboxylic acids is 1. The number of para-hydroxylation sites is 2. The summed E-state index contributed by atoms with van der Waals surface area (Å²) in [6.07, 6.45) is 2.63. The Morgan fingerprint density at radius 2 is 2.00 bits per heavy atom. The van der Waals surface area contributed by atoms with Crippen molar-refractivity contribution in [1.82, 2.24) is 10.3 Å². The zero-order valence-electron chi connectivity index (χ0n) is 16.1. The van der Waals surface area contributed by atoms with Crippen molar-refractivity contribution < 1.29 is 9.53 Å². The highest BCUT2D eigenvalue weighted by molar-refractivity contribution is 5.95. The lowest BCUT2D eigenvalue weighted by Crippen LogP contribution is -2.36. The van der Waals surface area contributed by atoms with Crippen LogP contribution in [-0.4, -0.2) is 43.7 Å².